The van der Waals surface area contributed by atoms with Gasteiger partial charge in [0.15, 0.2) is 0 Å². The van der Waals surface area contributed by atoms with E-state index < -0.39 is 101 Å². The van der Waals surface area contributed by atoms with Crippen molar-refractivity contribution in [2.75, 3.05) is 7.11 Å². The summed E-state index contributed by atoms with van der Waals surface area (Å²) in [6, 6.07) is 6.51. The average molecular weight is 1050 g/mol. The number of allylic oxidation sites excluding steroid dienone is 1. The molecule has 0 spiro atoms. The minimum Gasteiger partial charge on any atom is -0.469 e. The van der Waals surface area contributed by atoms with Gasteiger partial charge in [0.25, 0.3) is 11.8 Å². The molecule has 22 heteroatoms. The summed E-state index contributed by atoms with van der Waals surface area (Å²) in [6.45, 7) is 9.17. The highest BCUT2D eigenvalue weighted by molar-refractivity contribution is 6.23. The number of aromatic nitrogens is 4. The molecule has 4 aliphatic rings. The minimum atomic E-state index is -5.23. The van der Waals surface area contributed by atoms with Crippen molar-refractivity contribution in [1.29, 1.82) is 0 Å². The molecule has 2 aromatic carbocycles. The average Bonchev–Trinajstić information content (AvgIpc) is 4.00. The maximum Gasteiger partial charge on any atom is 0.416 e. The molecule has 0 aliphatic carbocycles. The Balaban J connectivity index is 1.36. The van der Waals surface area contributed by atoms with Gasteiger partial charge in [-0.3, -0.25) is 24.3 Å². The van der Waals surface area contributed by atoms with Crippen LogP contribution in [-0.4, -0.2) is 55.8 Å². The first-order valence-corrected chi connectivity index (χ1v) is 23.4. The molecule has 0 saturated heterocycles. The first kappa shape index (κ1) is 53.6. The number of H-pyrrole nitrogens is 2. The van der Waals surface area contributed by atoms with Crippen LogP contribution in [0.1, 0.15) is 171 Å². The lowest BCUT2D eigenvalue weighted by Crippen LogP contribution is -2.40. The molecule has 10 nitrogen and oxygen atoms in total. The molecule has 6 heterocycles. The van der Waals surface area contributed by atoms with Crippen molar-refractivity contribution in [3.63, 3.8) is 0 Å². The van der Waals surface area contributed by atoms with Gasteiger partial charge in [-0.25, -0.2) is 4.98 Å². The van der Waals surface area contributed by atoms with E-state index in [0.717, 1.165) is 0 Å². The molecule has 2 aromatic heterocycles. The number of hydrogen-bond donors (Lipinski definition) is 3. The summed E-state index contributed by atoms with van der Waals surface area (Å²) < 4.78 is 172. The van der Waals surface area contributed by atoms with Crippen LogP contribution >= 0.6 is 0 Å². The summed E-state index contributed by atoms with van der Waals surface area (Å²) >= 11 is 0. The van der Waals surface area contributed by atoms with E-state index in [1.54, 1.807) is 45.9 Å². The molecule has 3 unspecified atom stereocenters. The standard InChI is InChI=1S/C52H48F12N6O4/c1-8-33-22(2)35-19-40-42(26(6)65-20-27-11-29(49(53,54)55)15-30(12-27)50(56,57)58)24(4)37(67-40)17-36-23(3)34(9-10-41(71)74-7)45(68-36)44-46-43(25(5)38(69-46)18-39(33)66-35)47(72)70(48(44)73)21-28-13-31(51(59,60)61)16-32(14-28)52(62,63)64/h11-19,22-23,26,33-34,65,68-69H,8-10,20-21H2,1-7H3/t22?,23-,26?,33?,34-/m0/s1. The zero-order valence-corrected chi connectivity index (χ0v) is 40.6. The van der Waals surface area contributed by atoms with Crippen molar-refractivity contribution in [2.45, 2.75) is 128 Å². The van der Waals surface area contributed by atoms with Crippen LogP contribution in [0.3, 0.4) is 0 Å². The molecule has 74 heavy (non-hydrogen) atoms. The number of fused-ring (bicyclic) bond motifs is 8. The summed E-state index contributed by atoms with van der Waals surface area (Å²) in [5, 5.41) is 3.08. The first-order valence-electron chi connectivity index (χ1n) is 23.4. The zero-order valence-electron chi connectivity index (χ0n) is 40.6. The van der Waals surface area contributed by atoms with Gasteiger partial charge in [-0.15, -0.1) is 0 Å². The largest absolute Gasteiger partial charge is 0.469 e. The van der Waals surface area contributed by atoms with Gasteiger partial charge in [-0.2, -0.15) is 52.7 Å². The normalized spacial score (nSPS) is 19.3. The fourth-order valence-corrected chi connectivity index (χ4v) is 10.4. The molecule has 0 saturated carbocycles. The Kier molecular flexibility index (Phi) is 13.9. The van der Waals surface area contributed by atoms with Crippen LogP contribution in [0, 0.1) is 6.92 Å². The Morgan fingerprint density at radius 2 is 1.26 bits per heavy atom. The van der Waals surface area contributed by atoms with Crippen LogP contribution in [0.15, 0.2) is 54.6 Å². The number of nitrogens with one attached hydrogen (secondary N) is 3. The SMILES string of the molecule is CCC1c2cc3[nH]c4c(c5[nH]c(cc6nc(cc(n2)C1C)C(C(C)NCc1cc(C(F)(F)F)cc(C(F)(F)F)c1)=C6C)[C@@H](C)[C@@H]5CCC(=O)OC)C(=O)N(Cc1cc(C(F)(F)F)cc(C(F)(F)F)c1)C(=O)c4c3C. The number of benzene rings is 2. The highest BCUT2D eigenvalue weighted by atomic mass is 19.4. The Bertz CT molecular complexity index is 3140. The van der Waals surface area contributed by atoms with Gasteiger partial charge in [-0.1, -0.05) is 20.8 Å². The van der Waals surface area contributed by atoms with Crippen LogP contribution in [0.5, 0.6) is 0 Å². The number of alkyl halides is 12. The van der Waals surface area contributed by atoms with Gasteiger partial charge in [0.2, 0.25) is 0 Å². The number of carbonyl (C=O) groups is 3. The second kappa shape index (κ2) is 19.2. The quantitative estimate of drug-likeness (QED) is 0.0818. The molecule has 394 valence electrons. The summed E-state index contributed by atoms with van der Waals surface area (Å²) in [6.07, 6.45) is -20.2. The second-order valence-corrected chi connectivity index (χ2v) is 19.0. The predicted octanol–water partition coefficient (Wildman–Crippen LogP) is 13.5. The number of hydrogen-bond acceptors (Lipinski definition) is 7. The van der Waals surface area contributed by atoms with Gasteiger partial charge in [0.1, 0.15) is 0 Å². The van der Waals surface area contributed by atoms with Crippen molar-refractivity contribution in [1.82, 2.24) is 30.2 Å². The van der Waals surface area contributed by atoms with Crippen molar-refractivity contribution in [3.8, 4) is 0 Å². The van der Waals surface area contributed by atoms with Crippen molar-refractivity contribution >= 4 is 40.0 Å². The highest BCUT2D eigenvalue weighted by Crippen LogP contribution is 2.47. The second-order valence-electron chi connectivity index (χ2n) is 19.0. The van der Waals surface area contributed by atoms with Crippen LogP contribution < -0.4 is 5.32 Å². The van der Waals surface area contributed by atoms with Gasteiger partial charge in [0, 0.05) is 71.0 Å². The van der Waals surface area contributed by atoms with Gasteiger partial charge >= 0.3 is 30.7 Å². The van der Waals surface area contributed by atoms with Crippen molar-refractivity contribution in [3.05, 3.63) is 139 Å². The van der Waals surface area contributed by atoms with E-state index in [2.05, 4.69) is 15.3 Å². The number of ether oxygens (including phenoxy) is 1. The lowest BCUT2D eigenvalue weighted by molar-refractivity contribution is -0.144. The van der Waals surface area contributed by atoms with E-state index in [9.17, 15) is 62.3 Å². The lowest BCUT2D eigenvalue weighted by atomic mass is 9.84. The number of amides is 2. The zero-order chi connectivity index (χ0) is 54.3. The Labute approximate surface area is 415 Å². The maximum absolute atomic E-state index is 15.1. The number of rotatable bonds is 10. The maximum atomic E-state index is 15.1. The number of nitrogens with zero attached hydrogens (tertiary/aromatic N) is 3. The molecule has 8 rings (SSSR count). The fourth-order valence-electron chi connectivity index (χ4n) is 10.4. The highest BCUT2D eigenvalue weighted by Gasteiger charge is 2.43. The number of carbonyl (C=O) groups excluding carboxylic acids is 3. The smallest absolute Gasteiger partial charge is 0.416 e. The molecule has 4 aromatic rings. The number of esters is 1. The first-order chi connectivity index (χ1) is 34.4. The molecule has 2 amide bonds. The number of aromatic amines is 2. The monoisotopic (exact) mass is 1050 g/mol. The third-order valence-electron chi connectivity index (χ3n) is 14.4. The number of aryl methyl sites for hydroxylation is 1. The van der Waals surface area contributed by atoms with Gasteiger partial charge in [0.05, 0.1) is 63.9 Å². The molecule has 0 fully saturated rings. The van der Waals surface area contributed by atoms with Crippen LogP contribution in [0.2, 0.25) is 0 Å². The molecule has 5 atom stereocenters. The third kappa shape index (κ3) is 10.1. The molecular formula is C52H48F12N6O4. The molecule has 8 bridgehead atoms. The van der Waals surface area contributed by atoms with Gasteiger partial charge in [-0.05, 0) is 116 Å². The predicted molar refractivity (Wildman–Crippen MR) is 247 cm³/mol. The number of methoxy groups -OCH3 is 1. The van der Waals surface area contributed by atoms with Gasteiger partial charge < -0.3 is 20.0 Å². The summed E-state index contributed by atoms with van der Waals surface area (Å²) in [7, 11) is 1.18. The molecule has 0 radical (unpaired) electrons. The summed E-state index contributed by atoms with van der Waals surface area (Å²) in [5.41, 5.74) is -3.34. The summed E-state index contributed by atoms with van der Waals surface area (Å²) in [4.78, 5) is 59.6. The van der Waals surface area contributed by atoms with Crippen LogP contribution in [-0.2, 0) is 47.3 Å². The topological polar surface area (TPSA) is 133 Å². The molecule has 4 aliphatic heterocycles. The van der Waals surface area contributed by atoms with E-state index in [1.165, 1.54) is 7.11 Å². The van der Waals surface area contributed by atoms with E-state index >= 15 is 4.79 Å². The van der Waals surface area contributed by atoms with Crippen molar-refractivity contribution in [2.24, 2.45) is 0 Å². The lowest BCUT2D eigenvalue weighted by Gasteiger charge is -2.28. The van der Waals surface area contributed by atoms with Crippen LogP contribution in [0.4, 0.5) is 52.7 Å². The molecular weight excluding hydrogens is 1000 g/mol. The minimum absolute atomic E-state index is 0.0109. The van der Waals surface area contributed by atoms with E-state index in [-0.39, 0.29) is 70.3 Å². The summed E-state index contributed by atoms with van der Waals surface area (Å²) in [5.74, 6) is -4.55. The number of imide groups is 1. The Morgan fingerprint density at radius 1 is 0.703 bits per heavy atom. The number of halogens is 12. The van der Waals surface area contributed by atoms with E-state index in [0.29, 0.717) is 80.7 Å². The third-order valence-corrected chi connectivity index (χ3v) is 14.4. The van der Waals surface area contributed by atoms with E-state index in [1.807, 2.05) is 13.8 Å². The fraction of sp³-hybridized carbons (Fsp3) is 0.404. The Hall–Kier alpha value is -6.71. The van der Waals surface area contributed by atoms with Crippen molar-refractivity contribution < 1.29 is 71.8 Å². The molecule has 3 N–H and O–H groups in total. The van der Waals surface area contributed by atoms with E-state index in [4.69, 9.17) is 14.7 Å². The Morgan fingerprint density at radius 3 is 1.80 bits per heavy atom. The van der Waals surface area contributed by atoms with Crippen LogP contribution in [0.25, 0.3) is 22.2 Å².